The van der Waals surface area contributed by atoms with Crippen LogP contribution >= 0.6 is 0 Å². The molecule has 1 aromatic rings. The summed E-state index contributed by atoms with van der Waals surface area (Å²) in [6.07, 6.45) is 8.04. The van der Waals surface area contributed by atoms with Crippen molar-refractivity contribution < 1.29 is 4.79 Å². The second kappa shape index (κ2) is 8.48. The summed E-state index contributed by atoms with van der Waals surface area (Å²) in [6.45, 7) is 0.730. The predicted molar refractivity (Wildman–Crippen MR) is 79.3 cm³/mol. The van der Waals surface area contributed by atoms with Crippen molar-refractivity contribution in [3.8, 4) is 0 Å². The minimum absolute atomic E-state index is 0.0452. The van der Waals surface area contributed by atoms with Crippen molar-refractivity contribution in [1.29, 1.82) is 0 Å². The summed E-state index contributed by atoms with van der Waals surface area (Å²) in [7, 11) is 3.88. The van der Waals surface area contributed by atoms with Crippen LogP contribution in [0.15, 0.2) is 18.5 Å². The predicted octanol–water partition coefficient (Wildman–Crippen LogP) is 2.00. The molecule has 1 rings (SSSR count). The highest BCUT2D eigenvalue weighted by Crippen LogP contribution is 2.22. The summed E-state index contributed by atoms with van der Waals surface area (Å²) in [4.78, 5) is 17.8. The molecule has 0 aliphatic carbocycles. The lowest BCUT2D eigenvalue weighted by Crippen LogP contribution is -2.16. The van der Waals surface area contributed by atoms with E-state index in [1.807, 2.05) is 25.1 Å². The van der Waals surface area contributed by atoms with E-state index in [-0.39, 0.29) is 5.91 Å². The van der Waals surface area contributed by atoms with Crippen molar-refractivity contribution in [1.82, 2.24) is 4.98 Å². The zero-order chi connectivity index (χ0) is 14.1. The second-order valence-corrected chi connectivity index (χ2v) is 4.79. The van der Waals surface area contributed by atoms with Crippen molar-refractivity contribution in [3.63, 3.8) is 0 Å². The molecule has 3 N–H and O–H groups in total. The summed E-state index contributed by atoms with van der Waals surface area (Å²) < 4.78 is 0. The van der Waals surface area contributed by atoms with Gasteiger partial charge in [-0.25, -0.2) is 0 Å². The Labute approximate surface area is 115 Å². The van der Waals surface area contributed by atoms with E-state index in [1.54, 1.807) is 12.4 Å². The van der Waals surface area contributed by atoms with Crippen LogP contribution in [0.2, 0.25) is 0 Å². The quantitative estimate of drug-likeness (QED) is 0.704. The number of hydrogen-bond acceptors (Lipinski definition) is 4. The molecule has 0 saturated carbocycles. The van der Waals surface area contributed by atoms with Crippen molar-refractivity contribution in [3.05, 3.63) is 18.5 Å². The summed E-state index contributed by atoms with van der Waals surface area (Å²) in [5.74, 6) is 0.0452. The summed E-state index contributed by atoms with van der Waals surface area (Å²) in [6, 6.07) is 1.89. The molecule has 0 fully saturated rings. The van der Waals surface area contributed by atoms with Crippen LogP contribution < -0.4 is 16.0 Å². The highest BCUT2D eigenvalue weighted by atomic mass is 16.1. The van der Waals surface area contributed by atoms with Gasteiger partial charge in [0.1, 0.15) is 0 Å². The summed E-state index contributed by atoms with van der Waals surface area (Å²) >= 11 is 0. The molecular weight excluding hydrogens is 240 g/mol. The minimum Gasteiger partial charge on any atom is -0.376 e. The van der Waals surface area contributed by atoms with E-state index in [0.29, 0.717) is 6.42 Å². The Balaban J connectivity index is 2.40. The molecular formula is C14H24N4O. The maximum absolute atomic E-state index is 11.8. The van der Waals surface area contributed by atoms with Crippen LogP contribution in [0.1, 0.15) is 32.1 Å². The number of carbonyl (C=O) groups is 1. The van der Waals surface area contributed by atoms with Crippen molar-refractivity contribution >= 4 is 17.3 Å². The van der Waals surface area contributed by atoms with E-state index < -0.39 is 0 Å². The molecule has 0 radical (unpaired) electrons. The fraction of sp³-hybridized carbons (Fsp3) is 0.571. The van der Waals surface area contributed by atoms with E-state index in [1.165, 1.54) is 0 Å². The maximum atomic E-state index is 11.8. The highest BCUT2D eigenvalue weighted by Gasteiger charge is 2.08. The first-order valence-electron chi connectivity index (χ1n) is 6.76. The van der Waals surface area contributed by atoms with Gasteiger partial charge in [-0.05, 0) is 25.5 Å². The number of nitrogens with two attached hydrogens (primary N) is 1. The average Bonchev–Trinajstić information content (AvgIpc) is 2.39. The zero-order valence-electron chi connectivity index (χ0n) is 11.9. The lowest BCUT2D eigenvalue weighted by molar-refractivity contribution is -0.116. The molecule has 1 amide bonds. The number of nitrogens with one attached hydrogen (secondary N) is 1. The Morgan fingerprint density at radius 1 is 1.32 bits per heavy atom. The van der Waals surface area contributed by atoms with E-state index in [2.05, 4.69) is 10.3 Å². The molecule has 0 atom stereocenters. The third-order valence-corrected chi connectivity index (χ3v) is 2.91. The highest BCUT2D eigenvalue weighted by molar-refractivity contribution is 5.93. The molecule has 5 heteroatoms. The van der Waals surface area contributed by atoms with Crippen LogP contribution in [0.3, 0.4) is 0 Å². The molecule has 0 aliphatic rings. The first-order chi connectivity index (χ1) is 9.15. The number of amides is 1. The van der Waals surface area contributed by atoms with Gasteiger partial charge in [0.25, 0.3) is 0 Å². The van der Waals surface area contributed by atoms with Crippen LogP contribution in [0.4, 0.5) is 11.4 Å². The number of anilines is 2. The summed E-state index contributed by atoms with van der Waals surface area (Å²) in [5.41, 5.74) is 7.15. The van der Waals surface area contributed by atoms with E-state index in [0.717, 1.165) is 43.6 Å². The van der Waals surface area contributed by atoms with Crippen LogP contribution in [0, 0.1) is 0 Å². The SMILES string of the molecule is CN(C)c1ccncc1NC(=O)CCCCCCN. The van der Waals surface area contributed by atoms with Crippen LogP contribution in [-0.2, 0) is 4.79 Å². The van der Waals surface area contributed by atoms with Crippen LogP contribution in [0.5, 0.6) is 0 Å². The fourth-order valence-electron chi connectivity index (χ4n) is 1.87. The largest absolute Gasteiger partial charge is 0.376 e. The molecule has 1 heterocycles. The standard InChI is InChI=1S/C14H24N4O/c1-18(2)13-8-10-16-11-12(13)17-14(19)7-5-3-4-6-9-15/h8,10-11H,3-7,9,15H2,1-2H3,(H,17,19). The van der Waals surface area contributed by atoms with E-state index in [9.17, 15) is 4.79 Å². The van der Waals surface area contributed by atoms with Gasteiger partial charge < -0.3 is 16.0 Å². The second-order valence-electron chi connectivity index (χ2n) is 4.79. The zero-order valence-corrected chi connectivity index (χ0v) is 11.9. The molecule has 106 valence electrons. The number of rotatable bonds is 8. The van der Waals surface area contributed by atoms with Crippen LogP contribution in [-0.4, -0.2) is 31.5 Å². The number of pyridine rings is 1. The third-order valence-electron chi connectivity index (χ3n) is 2.91. The van der Waals surface area contributed by atoms with E-state index in [4.69, 9.17) is 5.73 Å². The Morgan fingerprint density at radius 2 is 2.05 bits per heavy atom. The lowest BCUT2D eigenvalue weighted by atomic mass is 10.1. The molecule has 0 saturated heterocycles. The number of aromatic nitrogens is 1. The first-order valence-corrected chi connectivity index (χ1v) is 6.76. The molecule has 0 aromatic carbocycles. The monoisotopic (exact) mass is 264 g/mol. The van der Waals surface area contributed by atoms with Gasteiger partial charge in [0.2, 0.25) is 5.91 Å². The van der Waals surface area contributed by atoms with Gasteiger partial charge in [0.05, 0.1) is 17.6 Å². The summed E-state index contributed by atoms with van der Waals surface area (Å²) in [5, 5.41) is 2.91. The van der Waals surface area contributed by atoms with Crippen molar-refractivity contribution in [2.45, 2.75) is 32.1 Å². The Kier molecular flexibility index (Phi) is 6.89. The van der Waals surface area contributed by atoms with E-state index >= 15 is 0 Å². The van der Waals surface area contributed by atoms with Gasteiger partial charge in [-0.15, -0.1) is 0 Å². The van der Waals surface area contributed by atoms with Crippen molar-refractivity contribution in [2.75, 3.05) is 30.9 Å². The Hall–Kier alpha value is -1.62. The van der Waals surface area contributed by atoms with Gasteiger partial charge in [0, 0.05) is 26.7 Å². The maximum Gasteiger partial charge on any atom is 0.224 e. The van der Waals surface area contributed by atoms with Gasteiger partial charge in [-0.2, -0.15) is 0 Å². The first kappa shape index (κ1) is 15.4. The third kappa shape index (κ3) is 5.70. The normalized spacial score (nSPS) is 10.3. The number of hydrogen-bond donors (Lipinski definition) is 2. The van der Waals surface area contributed by atoms with Crippen molar-refractivity contribution in [2.24, 2.45) is 5.73 Å². The van der Waals surface area contributed by atoms with Gasteiger partial charge in [-0.3, -0.25) is 9.78 Å². The lowest BCUT2D eigenvalue weighted by Gasteiger charge is -2.17. The van der Waals surface area contributed by atoms with Crippen LogP contribution in [0.25, 0.3) is 0 Å². The molecule has 19 heavy (non-hydrogen) atoms. The molecule has 0 aliphatic heterocycles. The molecule has 0 bridgehead atoms. The van der Waals surface area contributed by atoms with Gasteiger partial charge in [0.15, 0.2) is 0 Å². The number of unbranched alkanes of at least 4 members (excludes halogenated alkanes) is 3. The molecule has 5 nitrogen and oxygen atoms in total. The smallest absolute Gasteiger partial charge is 0.224 e. The average molecular weight is 264 g/mol. The fourth-order valence-corrected chi connectivity index (χ4v) is 1.87. The number of carbonyl (C=O) groups excluding carboxylic acids is 1. The Bertz CT molecular complexity index is 393. The van der Waals surface area contributed by atoms with Gasteiger partial charge in [-0.1, -0.05) is 12.8 Å². The van der Waals surface area contributed by atoms with Gasteiger partial charge >= 0.3 is 0 Å². The number of nitrogens with zero attached hydrogens (tertiary/aromatic N) is 2. The molecule has 0 unspecified atom stereocenters. The topological polar surface area (TPSA) is 71.2 Å². The Morgan fingerprint density at radius 3 is 2.74 bits per heavy atom. The minimum atomic E-state index is 0.0452. The molecule has 1 aromatic heterocycles. The molecule has 0 spiro atoms.